The van der Waals surface area contributed by atoms with Crippen molar-refractivity contribution in [2.75, 3.05) is 12.8 Å². The predicted molar refractivity (Wildman–Crippen MR) is 84.7 cm³/mol. The molecular formula is C17H17N3O. The Hall–Kier alpha value is -2.75. The van der Waals surface area contributed by atoms with Gasteiger partial charge in [0.25, 0.3) is 0 Å². The fraction of sp³-hybridized carbons (Fsp3) is 0.118. The summed E-state index contributed by atoms with van der Waals surface area (Å²) in [6, 6.07) is 15.8. The van der Waals surface area contributed by atoms with Crippen LogP contribution in [0.5, 0.6) is 5.75 Å². The second-order valence-corrected chi connectivity index (χ2v) is 4.86. The van der Waals surface area contributed by atoms with E-state index in [1.165, 1.54) is 0 Å². The zero-order valence-electron chi connectivity index (χ0n) is 12.1. The third-order valence-electron chi connectivity index (χ3n) is 3.47. The van der Waals surface area contributed by atoms with Crippen molar-refractivity contribution in [1.29, 1.82) is 0 Å². The summed E-state index contributed by atoms with van der Waals surface area (Å²) in [6.45, 7) is 2.05. The van der Waals surface area contributed by atoms with Gasteiger partial charge >= 0.3 is 0 Å². The number of hydrogen-bond acceptors (Lipinski definition) is 3. The van der Waals surface area contributed by atoms with Gasteiger partial charge < -0.3 is 10.5 Å². The highest BCUT2D eigenvalue weighted by Gasteiger charge is 2.14. The molecule has 4 nitrogen and oxygen atoms in total. The number of anilines is 1. The van der Waals surface area contributed by atoms with E-state index in [1.54, 1.807) is 7.11 Å². The van der Waals surface area contributed by atoms with Crippen molar-refractivity contribution in [2.24, 2.45) is 0 Å². The first kappa shape index (κ1) is 13.2. The maximum Gasteiger partial charge on any atom is 0.128 e. The molecule has 0 aliphatic carbocycles. The van der Waals surface area contributed by atoms with Crippen molar-refractivity contribution in [3.8, 4) is 22.7 Å². The van der Waals surface area contributed by atoms with Crippen molar-refractivity contribution in [1.82, 2.24) is 9.78 Å². The first-order chi connectivity index (χ1) is 10.2. The number of benzene rings is 2. The molecule has 0 fully saturated rings. The number of para-hydroxylation sites is 2. The predicted octanol–water partition coefficient (Wildman–Crippen LogP) is 3.44. The van der Waals surface area contributed by atoms with Crippen LogP contribution < -0.4 is 10.5 Å². The maximum absolute atomic E-state index is 6.15. The lowest BCUT2D eigenvalue weighted by atomic mass is 10.1. The first-order valence-electron chi connectivity index (χ1n) is 6.75. The summed E-state index contributed by atoms with van der Waals surface area (Å²) < 4.78 is 7.20. The summed E-state index contributed by atoms with van der Waals surface area (Å²) in [5.41, 5.74) is 10.6. The number of methoxy groups -OCH3 is 1. The number of aryl methyl sites for hydroxylation is 1. The fourth-order valence-corrected chi connectivity index (χ4v) is 2.38. The molecule has 0 spiro atoms. The molecule has 0 aliphatic heterocycles. The van der Waals surface area contributed by atoms with E-state index in [0.29, 0.717) is 5.69 Å². The van der Waals surface area contributed by atoms with Crippen LogP contribution in [0, 0.1) is 6.92 Å². The van der Waals surface area contributed by atoms with E-state index in [0.717, 1.165) is 28.3 Å². The Bertz CT molecular complexity index is 777. The van der Waals surface area contributed by atoms with Gasteiger partial charge in [0.2, 0.25) is 0 Å². The smallest absolute Gasteiger partial charge is 0.128 e. The van der Waals surface area contributed by atoms with Crippen molar-refractivity contribution >= 4 is 5.69 Å². The minimum atomic E-state index is 0.628. The quantitative estimate of drug-likeness (QED) is 0.799. The van der Waals surface area contributed by atoms with Crippen molar-refractivity contribution in [3.63, 3.8) is 0 Å². The van der Waals surface area contributed by atoms with Crippen LogP contribution in [-0.4, -0.2) is 16.9 Å². The summed E-state index contributed by atoms with van der Waals surface area (Å²) in [5, 5.41) is 4.63. The Balaban J connectivity index is 2.13. The highest BCUT2D eigenvalue weighted by molar-refractivity contribution is 5.77. The summed E-state index contributed by atoms with van der Waals surface area (Å²) in [7, 11) is 1.65. The normalized spacial score (nSPS) is 10.6. The molecule has 1 heterocycles. The van der Waals surface area contributed by atoms with Crippen molar-refractivity contribution in [2.45, 2.75) is 6.92 Å². The van der Waals surface area contributed by atoms with Gasteiger partial charge in [0.1, 0.15) is 11.4 Å². The van der Waals surface area contributed by atoms with E-state index >= 15 is 0 Å². The summed E-state index contributed by atoms with van der Waals surface area (Å²) in [5.74, 6) is 0.763. The van der Waals surface area contributed by atoms with E-state index in [-0.39, 0.29) is 0 Å². The highest BCUT2D eigenvalue weighted by Crippen LogP contribution is 2.33. The molecule has 2 N–H and O–H groups in total. The van der Waals surface area contributed by atoms with Gasteiger partial charge in [-0.2, -0.15) is 5.10 Å². The molecule has 2 aromatic carbocycles. The van der Waals surface area contributed by atoms with Gasteiger partial charge in [0, 0.05) is 5.56 Å². The van der Waals surface area contributed by atoms with Gasteiger partial charge in [0.15, 0.2) is 0 Å². The number of nitrogen functional groups attached to an aromatic ring is 1. The number of aromatic nitrogens is 2. The lowest BCUT2D eigenvalue weighted by Gasteiger charge is -2.07. The van der Waals surface area contributed by atoms with Gasteiger partial charge in [-0.05, 0) is 30.7 Å². The third kappa shape index (κ3) is 2.36. The molecule has 0 radical (unpaired) electrons. The van der Waals surface area contributed by atoms with E-state index in [4.69, 9.17) is 10.5 Å². The second kappa shape index (κ2) is 5.32. The average Bonchev–Trinajstić information content (AvgIpc) is 2.89. The Kier molecular flexibility index (Phi) is 3.36. The van der Waals surface area contributed by atoms with Crippen LogP contribution in [0.4, 0.5) is 5.69 Å². The number of hydrogen-bond donors (Lipinski definition) is 1. The number of nitrogens with zero attached hydrogens (tertiary/aromatic N) is 2. The Labute approximate surface area is 123 Å². The summed E-state index contributed by atoms with van der Waals surface area (Å²) in [6.07, 6.45) is 1.84. The SMILES string of the molecule is COc1ccccc1-c1nn(-c2ccccc2C)cc1N. The highest BCUT2D eigenvalue weighted by atomic mass is 16.5. The van der Waals surface area contributed by atoms with Crippen LogP contribution in [0.2, 0.25) is 0 Å². The molecule has 4 heteroatoms. The van der Waals surface area contributed by atoms with Gasteiger partial charge in [-0.3, -0.25) is 0 Å². The van der Waals surface area contributed by atoms with Crippen LogP contribution in [0.15, 0.2) is 54.7 Å². The Morgan fingerprint density at radius 2 is 1.76 bits per heavy atom. The van der Waals surface area contributed by atoms with Gasteiger partial charge in [-0.15, -0.1) is 0 Å². The van der Waals surface area contributed by atoms with E-state index < -0.39 is 0 Å². The molecule has 0 aliphatic rings. The van der Waals surface area contributed by atoms with Crippen LogP contribution in [0.1, 0.15) is 5.56 Å². The van der Waals surface area contributed by atoms with Crippen LogP contribution in [-0.2, 0) is 0 Å². The van der Waals surface area contributed by atoms with Crippen LogP contribution in [0.3, 0.4) is 0 Å². The molecule has 0 amide bonds. The van der Waals surface area contributed by atoms with E-state index in [1.807, 2.05) is 53.3 Å². The number of nitrogens with two attached hydrogens (primary N) is 1. The minimum Gasteiger partial charge on any atom is -0.496 e. The van der Waals surface area contributed by atoms with Crippen LogP contribution >= 0.6 is 0 Å². The van der Waals surface area contributed by atoms with Crippen LogP contribution in [0.25, 0.3) is 16.9 Å². The van der Waals surface area contributed by atoms with Crippen molar-refractivity contribution in [3.05, 3.63) is 60.3 Å². The zero-order chi connectivity index (χ0) is 14.8. The molecule has 0 bridgehead atoms. The lowest BCUT2D eigenvalue weighted by molar-refractivity contribution is 0.416. The van der Waals surface area contributed by atoms with Gasteiger partial charge in [-0.25, -0.2) is 4.68 Å². The largest absolute Gasteiger partial charge is 0.496 e. The Morgan fingerprint density at radius 3 is 2.52 bits per heavy atom. The lowest BCUT2D eigenvalue weighted by Crippen LogP contribution is -1.97. The van der Waals surface area contributed by atoms with Gasteiger partial charge in [0.05, 0.1) is 24.7 Å². The van der Waals surface area contributed by atoms with Gasteiger partial charge in [-0.1, -0.05) is 30.3 Å². The molecule has 1 aromatic heterocycles. The standard InChI is InChI=1S/C17H17N3O/c1-12-7-3-5-9-15(12)20-11-14(18)17(19-20)13-8-4-6-10-16(13)21-2/h3-11H,18H2,1-2H3. The molecule has 3 aromatic rings. The molecule has 0 unspecified atom stereocenters. The summed E-state index contributed by atoms with van der Waals surface area (Å²) >= 11 is 0. The van der Waals surface area contributed by atoms with E-state index in [2.05, 4.69) is 18.1 Å². The maximum atomic E-state index is 6.15. The minimum absolute atomic E-state index is 0.628. The molecule has 3 rings (SSSR count). The molecule has 106 valence electrons. The monoisotopic (exact) mass is 279 g/mol. The second-order valence-electron chi connectivity index (χ2n) is 4.86. The molecule has 21 heavy (non-hydrogen) atoms. The molecule has 0 saturated carbocycles. The summed E-state index contributed by atoms with van der Waals surface area (Å²) in [4.78, 5) is 0. The average molecular weight is 279 g/mol. The molecular weight excluding hydrogens is 262 g/mol. The fourth-order valence-electron chi connectivity index (χ4n) is 2.38. The Morgan fingerprint density at radius 1 is 1.05 bits per heavy atom. The molecule has 0 atom stereocenters. The van der Waals surface area contributed by atoms with E-state index in [9.17, 15) is 0 Å². The number of rotatable bonds is 3. The zero-order valence-corrected chi connectivity index (χ0v) is 12.1. The number of ether oxygens (including phenoxy) is 1. The molecule has 0 saturated heterocycles. The topological polar surface area (TPSA) is 53.1 Å². The van der Waals surface area contributed by atoms with Crippen molar-refractivity contribution < 1.29 is 4.74 Å². The first-order valence-corrected chi connectivity index (χ1v) is 6.75. The third-order valence-corrected chi connectivity index (χ3v) is 3.47.